The maximum atomic E-state index is 12.5. The molecule has 126 valence electrons. The fourth-order valence-electron chi connectivity index (χ4n) is 4.99. The normalized spacial score (nSPS) is 37.7. The molecule has 3 aliphatic rings. The molecule has 1 amide bonds. The minimum Gasteiger partial charge on any atom is -0.353 e. The molecule has 2 saturated heterocycles. The van der Waals surface area contributed by atoms with Crippen LogP contribution in [0.2, 0.25) is 0 Å². The Kier molecular flexibility index (Phi) is 5.43. The minimum absolute atomic E-state index is 0.327. The van der Waals surface area contributed by atoms with Gasteiger partial charge in [-0.3, -0.25) is 4.79 Å². The van der Waals surface area contributed by atoms with Crippen molar-refractivity contribution >= 4 is 5.91 Å². The monoisotopic (exact) mass is 306 g/mol. The predicted molar refractivity (Wildman–Crippen MR) is 90.6 cm³/mol. The Morgan fingerprint density at radius 1 is 1.14 bits per heavy atom. The van der Waals surface area contributed by atoms with Crippen LogP contribution in [-0.4, -0.2) is 24.0 Å². The van der Waals surface area contributed by atoms with Gasteiger partial charge in [0.15, 0.2) is 0 Å². The molecule has 0 radical (unpaired) electrons. The molecule has 2 N–H and O–H groups in total. The van der Waals surface area contributed by atoms with E-state index in [1.165, 1.54) is 57.8 Å². The highest BCUT2D eigenvalue weighted by atomic mass is 16.1. The lowest BCUT2D eigenvalue weighted by molar-refractivity contribution is -0.123. The van der Waals surface area contributed by atoms with E-state index >= 15 is 0 Å². The number of carbonyl (C=O) groups is 1. The van der Waals surface area contributed by atoms with Crippen molar-refractivity contribution in [3.05, 3.63) is 0 Å². The molecule has 0 aromatic carbocycles. The van der Waals surface area contributed by atoms with Crippen molar-refractivity contribution in [3.63, 3.8) is 0 Å². The average Bonchev–Trinajstić information content (AvgIpc) is 3.03. The van der Waals surface area contributed by atoms with E-state index in [1.54, 1.807) is 0 Å². The van der Waals surface area contributed by atoms with Crippen LogP contribution in [0.3, 0.4) is 0 Å². The third kappa shape index (κ3) is 4.24. The van der Waals surface area contributed by atoms with E-state index in [2.05, 4.69) is 24.5 Å². The van der Waals surface area contributed by atoms with Crippen molar-refractivity contribution < 1.29 is 4.79 Å². The van der Waals surface area contributed by atoms with E-state index in [1.807, 2.05) is 0 Å². The third-order valence-corrected chi connectivity index (χ3v) is 6.17. The Morgan fingerprint density at radius 2 is 1.86 bits per heavy atom. The number of fused-ring (bicyclic) bond motifs is 2. The Bertz CT molecular complexity index is 370. The number of carbonyl (C=O) groups excluding carboxylic acids is 1. The molecule has 4 unspecified atom stereocenters. The summed E-state index contributed by atoms with van der Waals surface area (Å²) >= 11 is 0. The van der Waals surface area contributed by atoms with E-state index in [0.717, 1.165) is 18.3 Å². The SMILES string of the molecule is CC(C)CCC1CCCC1NC(=O)CC1CC2CCC(C1)N2. The Hall–Kier alpha value is -0.570. The Balaban J connectivity index is 1.42. The molecule has 0 aromatic heterocycles. The van der Waals surface area contributed by atoms with Gasteiger partial charge in [-0.2, -0.15) is 0 Å². The first-order chi connectivity index (χ1) is 10.6. The van der Waals surface area contributed by atoms with Crippen molar-refractivity contribution in [2.24, 2.45) is 17.8 Å². The molecule has 0 aromatic rings. The summed E-state index contributed by atoms with van der Waals surface area (Å²) in [4.78, 5) is 12.5. The van der Waals surface area contributed by atoms with Gasteiger partial charge in [0.2, 0.25) is 5.91 Å². The number of nitrogens with one attached hydrogen (secondary N) is 2. The molecular formula is C19H34N2O. The van der Waals surface area contributed by atoms with Crippen molar-refractivity contribution in [1.29, 1.82) is 0 Å². The van der Waals surface area contributed by atoms with Crippen LogP contribution < -0.4 is 10.6 Å². The summed E-state index contributed by atoms with van der Waals surface area (Å²) in [6.07, 6.45) is 12.2. The topological polar surface area (TPSA) is 41.1 Å². The van der Waals surface area contributed by atoms with Crippen LogP contribution in [0.1, 0.15) is 78.1 Å². The van der Waals surface area contributed by atoms with Gasteiger partial charge in [-0.1, -0.05) is 26.7 Å². The molecule has 0 spiro atoms. The molecular weight excluding hydrogens is 272 g/mol. The molecule has 1 aliphatic carbocycles. The number of piperidine rings is 1. The van der Waals surface area contributed by atoms with Crippen molar-refractivity contribution in [3.8, 4) is 0 Å². The zero-order valence-electron chi connectivity index (χ0n) is 14.4. The minimum atomic E-state index is 0.327. The van der Waals surface area contributed by atoms with Crippen molar-refractivity contribution in [1.82, 2.24) is 10.6 Å². The van der Waals surface area contributed by atoms with Gasteiger partial charge in [-0.15, -0.1) is 0 Å². The van der Waals surface area contributed by atoms with Gasteiger partial charge in [-0.25, -0.2) is 0 Å². The van der Waals surface area contributed by atoms with Crippen LogP contribution in [0.4, 0.5) is 0 Å². The van der Waals surface area contributed by atoms with Crippen LogP contribution in [0.15, 0.2) is 0 Å². The highest BCUT2D eigenvalue weighted by molar-refractivity contribution is 5.76. The highest BCUT2D eigenvalue weighted by Crippen LogP contribution is 2.34. The predicted octanol–water partition coefficient (Wildman–Crippen LogP) is 3.63. The summed E-state index contributed by atoms with van der Waals surface area (Å²) in [5.74, 6) is 2.46. The van der Waals surface area contributed by atoms with Crippen molar-refractivity contribution in [2.45, 2.75) is 96.2 Å². The molecule has 2 aliphatic heterocycles. The van der Waals surface area contributed by atoms with Gasteiger partial charge < -0.3 is 10.6 Å². The smallest absolute Gasteiger partial charge is 0.220 e. The summed E-state index contributed by atoms with van der Waals surface area (Å²) in [5.41, 5.74) is 0. The molecule has 22 heavy (non-hydrogen) atoms. The molecule has 3 fully saturated rings. The summed E-state index contributed by atoms with van der Waals surface area (Å²) in [5, 5.41) is 7.06. The third-order valence-electron chi connectivity index (χ3n) is 6.17. The van der Waals surface area contributed by atoms with Gasteiger partial charge in [0.05, 0.1) is 0 Å². The lowest BCUT2D eigenvalue weighted by atomic mass is 9.89. The molecule has 3 rings (SSSR count). The fraction of sp³-hybridized carbons (Fsp3) is 0.947. The van der Waals surface area contributed by atoms with E-state index < -0.39 is 0 Å². The van der Waals surface area contributed by atoms with E-state index in [0.29, 0.717) is 30.0 Å². The van der Waals surface area contributed by atoms with E-state index in [9.17, 15) is 4.79 Å². The zero-order valence-corrected chi connectivity index (χ0v) is 14.4. The van der Waals surface area contributed by atoms with E-state index in [4.69, 9.17) is 0 Å². The summed E-state index contributed by atoms with van der Waals surface area (Å²) in [7, 11) is 0. The second-order valence-electron chi connectivity index (χ2n) is 8.52. The maximum Gasteiger partial charge on any atom is 0.220 e. The van der Waals surface area contributed by atoms with Gasteiger partial charge in [0, 0.05) is 24.5 Å². The summed E-state index contributed by atoms with van der Waals surface area (Å²) < 4.78 is 0. The molecule has 2 heterocycles. The van der Waals surface area contributed by atoms with Crippen molar-refractivity contribution in [2.75, 3.05) is 0 Å². The van der Waals surface area contributed by atoms with E-state index in [-0.39, 0.29) is 0 Å². The Labute approximate surface area is 136 Å². The van der Waals surface area contributed by atoms with Crippen LogP contribution in [0.5, 0.6) is 0 Å². The number of hydrogen-bond donors (Lipinski definition) is 2. The van der Waals surface area contributed by atoms with Gasteiger partial charge in [-0.05, 0) is 62.7 Å². The first-order valence-electron chi connectivity index (χ1n) is 9.65. The van der Waals surface area contributed by atoms with Gasteiger partial charge in [0.1, 0.15) is 0 Å². The Morgan fingerprint density at radius 3 is 2.55 bits per heavy atom. The summed E-state index contributed by atoms with van der Waals surface area (Å²) in [6.45, 7) is 4.60. The quantitative estimate of drug-likeness (QED) is 0.787. The molecule has 1 saturated carbocycles. The highest BCUT2D eigenvalue weighted by Gasteiger charge is 2.35. The lowest BCUT2D eigenvalue weighted by Crippen LogP contribution is -2.42. The lowest BCUT2D eigenvalue weighted by Gasteiger charge is -2.29. The zero-order chi connectivity index (χ0) is 15.5. The van der Waals surface area contributed by atoms with Crippen LogP contribution in [-0.2, 0) is 4.79 Å². The average molecular weight is 306 g/mol. The standard InChI is InChI=1S/C19H34N2O/c1-13(2)6-7-15-4-3-5-18(15)21-19(22)12-14-10-16-8-9-17(11-14)20-16/h13-18,20H,3-12H2,1-2H3,(H,21,22). The first-order valence-corrected chi connectivity index (χ1v) is 9.65. The van der Waals surface area contributed by atoms with Crippen LogP contribution >= 0.6 is 0 Å². The molecule has 2 bridgehead atoms. The largest absolute Gasteiger partial charge is 0.353 e. The molecule has 3 heteroatoms. The molecule has 4 atom stereocenters. The second-order valence-corrected chi connectivity index (χ2v) is 8.52. The molecule has 3 nitrogen and oxygen atoms in total. The van der Waals surface area contributed by atoms with Crippen LogP contribution in [0.25, 0.3) is 0 Å². The number of rotatable bonds is 6. The van der Waals surface area contributed by atoms with Crippen LogP contribution in [0, 0.1) is 17.8 Å². The second kappa shape index (κ2) is 7.33. The number of hydrogen-bond acceptors (Lipinski definition) is 2. The fourth-order valence-corrected chi connectivity index (χ4v) is 4.99. The first kappa shape index (κ1) is 16.3. The van der Waals surface area contributed by atoms with Gasteiger partial charge in [0.25, 0.3) is 0 Å². The van der Waals surface area contributed by atoms with Gasteiger partial charge >= 0.3 is 0 Å². The summed E-state index contributed by atoms with van der Waals surface area (Å²) in [6, 6.07) is 1.85. The number of amides is 1. The maximum absolute atomic E-state index is 12.5.